The highest BCUT2D eigenvalue weighted by atomic mass is 35.5. The average molecular weight is 463 g/mol. The van der Waals surface area contributed by atoms with Crippen LogP contribution in [0.5, 0.6) is 17.2 Å². The van der Waals surface area contributed by atoms with Crippen LogP contribution in [-0.4, -0.2) is 50.3 Å². The molecule has 1 amide bonds. The van der Waals surface area contributed by atoms with Crippen LogP contribution in [0.25, 0.3) is 0 Å². The van der Waals surface area contributed by atoms with Gasteiger partial charge in [0.25, 0.3) is 0 Å². The first kappa shape index (κ1) is 22.7. The van der Waals surface area contributed by atoms with Gasteiger partial charge in [-0.05, 0) is 48.2 Å². The van der Waals surface area contributed by atoms with Crippen LogP contribution in [0.2, 0.25) is 5.02 Å². The van der Waals surface area contributed by atoms with Crippen LogP contribution >= 0.6 is 11.6 Å². The van der Waals surface area contributed by atoms with Crippen molar-refractivity contribution in [2.45, 2.75) is 38.3 Å². The van der Waals surface area contributed by atoms with Gasteiger partial charge in [-0.2, -0.15) is 0 Å². The molecular weight excluding hydrogens is 435 g/mol. The summed E-state index contributed by atoms with van der Waals surface area (Å²) in [5.41, 5.74) is 1.72. The fraction of sp³-hybridized carbons (Fsp3) is 0.458. The van der Waals surface area contributed by atoms with Crippen LogP contribution < -0.4 is 19.5 Å². The molecule has 6 nitrogen and oxygen atoms in total. The average Bonchev–Trinajstić information content (AvgIpc) is 3.01. The third-order valence-electron chi connectivity index (χ3n) is 5.80. The Bertz CT molecular complexity index is 963. The zero-order valence-electron chi connectivity index (χ0n) is 18.2. The van der Waals surface area contributed by atoms with Gasteiger partial charge < -0.3 is 19.5 Å². The van der Waals surface area contributed by atoms with Gasteiger partial charge in [0.05, 0.1) is 31.8 Å². The van der Waals surface area contributed by atoms with E-state index in [0.717, 1.165) is 43.5 Å². The zero-order chi connectivity index (χ0) is 22.5. The van der Waals surface area contributed by atoms with Crippen molar-refractivity contribution >= 4 is 17.5 Å². The normalized spacial score (nSPS) is 17.0. The van der Waals surface area contributed by atoms with Crippen LogP contribution in [0, 0.1) is 5.82 Å². The summed E-state index contributed by atoms with van der Waals surface area (Å²) in [6.07, 6.45) is 2.74. The maximum atomic E-state index is 13.9. The molecule has 4 rings (SSSR count). The van der Waals surface area contributed by atoms with Crippen LogP contribution in [-0.2, 0) is 17.8 Å². The van der Waals surface area contributed by atoms with Gasteiger partial charge in [-0.25, -0.2) is 4.39 Å². The van der Waals surface area contributed by atoms with Gasteiger partial charge in [-0.15, -0.1) is 0 Å². The lowest BCUT2D eigenvalue weighted by molar-refractivity contribution is -0.121. The molecule has 0 aromatic heterocycles. The number of methoxy groups -OCH3 is 1. The highest BCUT2D eigenvalue weighted by Crippen LogP contribution is 2.38. The molecule has 2 heterocycles. The Labute approximate surface area is 192 Å². The molecule has 0 atom stereocenters. The monoisotopic (exact) mass is 462 g/mol. The lowest BCUT2D eigenvalue weighted by Gasteiger charge is -2.32. The van der Waals surface area contributed by atoms with Gasteiger partial charge in [0.2, 0.25) is 5.91 Å². The number of carbonyl (C=O) groups is 1. The summed E-state index contributed by atoms with van der Waals surface area (Å²) in [5, 5.41) is 3.60. The number of hydrogen-bond acceptors (Lipinski definition) is 5. The Kier molecular flexibility index (Phi) is 7.37. The topological polar surface area (TPSA) is 60.0 Å². The molecule has 0 bridgehead atoms. The molecule has 0 spiro atoms. The highest BCUT2D eigenvalue weighted by molar-refractivity contribution is 6.32. The van der Waals surface area contributed by atoms with Gasteiger partial charge in [0, 0.05) is 32.1 Å². The molecule has 0 saturated carbocycles. The van der Waals surface area contributed by atoms with Crippen molar-refractivity contribution in [1.29, 1.82) is 0 Å². The predicted molar refractivity (Wildman–Crippen MR) is 120 cm³/mol. The van der Waals surface area contributed by atoms with E-state index in [4.69, 9.17) is 25.8 Å². The highest BCUT2D eigenvalue weighted by Gasteiger charge is 2.22. The summed E-state index contributed by atoms with van der Waals surface area (Å²) in [5.74, 6) is 1.02. The summed E-state index contributed by atoms with van der Waals surface area (Å²) in [6.45, 7) is 3.50. The van der Waals surface area contributed by atoms with E-state index in [1.165, 1.54) is 13.2 Å². The van der Waals surface area contributed by atoms with Crippen LogP contribution in [0.15, 0.2) is 30.3 Å². The summed E-state index contributed by atoms with van der Waals surface area (Å²) in [6, 6.07) is 8.79. The fourth-order valence-electron chi connectivity index (χ4n) is 4.15. The van der Waals surface area contributed by atoms with Crippen molar-refractivity contribution in [2.24, 2.45) is 0 Å². The number of likely N-dealkylation sites (tertiary alicyclic amines) is 1. The van der Waals surface area contributed by atoms with Gasteiger partial charge in [-0.1, -0.05) is 17.7 Å². The number of ether oxygens (including phenoxy) is 3. The third-order valence-corrected chi connectivity index (χ3v) is 6.08. The van der Waals surface area contributed by atoms with Crippen molar-refractivity contribution in [1.82, 2.24) is 10.2 Å². The molecule has 32 heavy (non-hydrogen) atoms. The Morgan fingerprint density at radius 2 is 1.97 bits per heavy atom. The van der Waals surface area contributed by atoms with Gasteiger partial charge in [-0.3, -0.25) is 9.69 Å². The first-order chi connectivity index (χ1) is 15.5. The number of benzene rings is 2. The number of carbonyl (C=O) groups excluding carboxylic acids is 1. The molecule has 1 saturated heterocycles. The quantitative estimate of drug-likeness (QED) is 0.703. The first-order valence-corrected chi connectivity index (χ1v) is 11.3. The molecule has 0 unspecified atom stereocenters. The van der Waals surface area contributed by atoms with E-state index >= 15 is 0 Å². The Morgan fingerprint density at radius 1 is 1.19 bits per heavy atom. The minimum absolute atomic E-state index is 0.0359. The molecular formula is C24H28ClFN2O4. The van der Waals surface area contributed by atoms with E-state index in [1.807, 2.05) is 12.1 Å². The number of halogens is 2. The van der Waals surface area contributed by atoms with Gasteiger partial charge >= 0.3 is 0 Å². The number of amides is 1. The van der Waals surface area contributed by atoms with E-state index in [-0.39, 0.29) is 29.9 Å². The number of hydrogen-bond donors (Lipinski definition) is 1. The van der Waals surface area contributed by atoms with Crippen LogP contribution in [0.1, 0.15) is 30.4 Å². The molecule has 172 valence electrons. The lowest BCUT2D eigenvalue weighted by Crippen LogP contribution is -2.44. The maximum Gasteiger partial charge on any atom is 0.224 e. The fourth-order valence-corrected chi connectivity index (χ4v) is 4.44. The van der Waals surface area contributed by atoms with Crippen LogP contribution in [0.3, 0.4) is 0 Å². The SMILES string of the molecule is COc1ccc(CN2CCC(NC(=O)Cc3cc(Cl)c4c(c3)OCCCO4)CC2)cc1F. The van der Waals surface area contributed by atoms with Crippen molar-refractivity contribution < 1.29 is 23.4 Å². The number of nitrogens with one attached hydrogen (secondary N) is 1. The Hall–Kier alpha value is -2.51. The van der Waals surface area contributed by atoms with Gasteiger partial charge in [0.1, 0.15) is 0 Å². The smallest absolute Gasteiger partial charge is 0.224 e. The third kappa shape index (κ3) is 5.64. The minimum atomic E-state index is -0.345. The number of fused-ring (bicyclic) bond motifs is 1. The predicted octanol–water partition coefficient (Wildman–Crippen LogP) is 3.97. The molecule has 0 radical (unpaired) electrons. The molecule has 2 aliphatic rings. The standard InChI is InChI=1S/C24H28ClFN2O4/c1-30-21-4-3-16(12-20(21)26)15-28-7-5-18(6-8-28)27-23(29)14-17-11-19(25)24-22(13-17)31-9-2-10-32-24/h3-4,11-13,18H,2,5-10,14-15H2,1H3,(H,27,29). The molecule has 1 N–H and O–H groups in total. The second-order valence-electron chi connectivity index (χ2n) is 8.22. The number of rotatable bonds is 6. The summed E-state index contributed by atoms with van der Waals surface area (Å²) < 4.78 is 30.2. The molecule has 1 fully saturated rings. The van der Waals surface area contributed by atoms with Crippen molar-refractivity contribution in [2.75, 3.05) is 33.4 Å². The second kappa shape index (κ2) is 10.4. The summed E-state index contributed by atoms with van der Waals surface area (Å²) >= 11 is 6.33. The first-order valence-electron chi connectivity index (χ1n) is 10.9. The van der Waals surface area contributed by atoms with E-state index < -0.39 is 0 Å². The lowest BCUT2D eigenvalue weighted by atomic mass is 10.0. The minimum Gasteiger partial charge on any atom is -0.494 e. The van der Waals surface area contributed by atoms with E-state index in [1.54, 1.807) is 12.1 Å². The number of piperidine rings is 1. The van der Waals surface area contributed by atoms with Crippen LogP contribution in [0.4, 0.5) is 4.39 Å². The van der Waals surface area contributed by atoms with E-state index in [0.29, 0.717) is 36.3 Å². The van der Waals surface area contributed by atoms with E-state index in [2.05, 4.69) is 10.2 Å². The zero-order valence-corrected chi connectivity index (χ0v) is 18.9. The molecule has 2 aromatic rings. The maximum absolute atomic E-state index is 13.9. The van der Waals surface area contributed by atoms with Gasteiger partial charge in [0.15, 0.2) is 23.1 Å². The number of nitrogens with zero attached hydrogens (tertiary/aromatic N) is 1. The van der Waals surface area contributed by atoms with Crippen molar-refractivity contribution in [3.05, 3.63) is 52.3 Å². The summed E-state index contributed by atoms with van der Waals surface area (Å²) in [7, 11) is 1.46. The molecule has 0 aliphatic carbocycles. The largest absolute Gasteiger partial charge is 0.494 e. The second-order valence-corrected chi connectivity index (χ2v) is 8.63. The Morgan fingerprint density at radius 3 is 2.72 bits per heavy atom. The molecule has 2 aromatic carbocycles. The summed E-state index contributed by atoms with van der Waals surface area (Å²) in [4.78, 5) is 14.9. The van der Waals surface area contributed by atoms with E-state index in [9.17, 15) is 9.18 Å². The van der Waals surface area contributed by atoms with Crippen molar-refractivity contribution in [3.8, 4) is 17.2 Å². The Balaban J connectivity index is 1.26. The molecule has 8 heteroatoms. The van der Waals surface area contributed by atoms with Crippen molar-refractivity contribution in [3.63, 3.8) is 0 Å². The molecule has 2 aliphatic heterocycles.